The molecular formula is C16H16FN3O5. The normalized spacial score (nSPS) is 21.6. The van der Waals surface area contributed by atoms with Crippen molar-refractivity contribution in [2.45, 2.75) is 18.6 Å². The molecule has 2 atom stereocenters. The summed E-state index contributed by atoms with van der Waals surface area (Å²) in [6.07, 6.45) is 1.06. The highest BCUT2D eigenvalue weighted by molar-refractivity contribution is 5.97. The molecule has 0 aliphatic carbocycles. The summed E-state index contributed by atoms with van der Waals surface area (Å²) in [5.41, 5.74) is 1.99. The predicted molar refractivity (Wildman–Crippen MR) is 87.7 cm³/mol. The van der Waals surface area contributed by atoms with Gasteiger partial charge in [0, 0.05) is 19.8 Å². The molecule has 4 rings (SSSR count). The van der Waals surface area contributed by atoms with Crippen LogP contribution in [-0.2, 0) is 0 Å². The molecule has 3 N–H and O–H groups in total. The topological polar surface area (TPSA) is 104 Å². The highest BCUT2D eigenvalue weighted by atomic mass is 19.1. The van der Waals surface area contributed by atoms with Gasteiger partial charge in [0.05, 0.1) is 17.5 Å². The maximum Gasteiger partial charge on any atom is 0.341 e. The SMILES string of the molecule is CNn1cc(C(=O)O)c(=O)c2cc(F)c3c(c21)OC[C@@H]1CC(O)CN31. The van der Waals surface area contributed by atoms with Crippen LogP contribution >= 0.6 is 0 Å². The van der Waals surface area contributed by atoms with Crippen LogP contribution in [0.2, 0.25) is 0 Å². The number of aliphatic hydroxyl groups is 1. The molecule has 1 aromatic heterocycles. The number of carboxylic acids is 1. The Morgan fingerprint density at radius 3 is 2.92 bits per heavy atom. The number of aromatic carboxylic acids is 1. The molecule has 0 spiro atoms. The lowest BCUT2D eigenvalue weighted by Crippen LogP contribution is -2.39. The molecule has 132 valence electrons. The van der Waals surface area contributed by atoms with Crippen molar-refractivity contribution in [3.8, 4) is 5.75 Å². The maximum atomic E-state index is 14.8. The fraction of sp³-hybridized carbons (Fsp3) is 0.375. The van der Waals surface area contributed by atoms with Crippen LogP contribution in [-0.4, -0.2) is 53.2 Å². The molecule has 0 amide bonds. The molecule has 2 aliphatic rings. The van der Waals surface area contributed by atoms with Gasteiger partial charge in [-0.1, -0.05) is 0 Å². The van der Waals surface area contributed by atoms with Gasteiger partial charge in [0.1, 0.15) is 23.4 Å². The Bertz CT molecular complexity index is 957. The van der Waals surface area contributed by atoms with Gasteiger partial charge in [-0.05, 0) is 12.5 Å². The van der Waals surface area contributed by atoms with Gasteiger partial charge in [0.15, 0.2) is 11.6 Å². The summed E-state index contributed by atoms with van der Waals surface area (Å²) < 4.78 is 21.9. The number of fused-ring (bicyclic) bond motifs is 5. The molecule has 9 heteroatoms. The molecule has 1 aromatic carbocycles. The van der Waals surface area contributed by atoms with Gasteiger partial charge in [0.25, 0.3) is 0 Å². The van der Waals surface area contributed by atoms with E-state index in [1.54, 1.807) is 11.9 Å². The van der Waals surface area contributed by atoms with E-state index in [0.717, 1.165) is 12.3 Å². The van der Waals surface area contributed by atoms with Crippen molar-refractivity contribution < 1.29 is 24.1 Å². The van der Waals surface area contributed by atoms with Gasteiger partial charge in [-0.3, -0.25) is 9.47 Å². The molecule has 2 aromatic rings. The lowest BCUT2D eigenvalue weighted by molar-refractivity contribution is 0.0695. The van der Waals surface area contributed by atoms with Crippen LogP contribution in [0.1, 0.15) is 16.8 Å². The number of carbonyl (C=O) groups is 1. The number of hydrogen-bond donors (Lipinski definition) is 3. The Kier molecular flexibility index (Phi) is 3.36. The average Bonchev–Trinajstić information content (AvgIpc) is 2.95. The average molecular weight is 349 g/mol. The van der Waals surface area contributed by atoms with E-state index in [-0.39, 0.29) is 41.5 Å². The molecule has 1 saturated heterocycles. The third-order valence-electron chi connectivity index (χ3n) is 4.74. The van der Waals surface area contributed by atoms with E-state index >= 15 is 0 Å². The second kappa shape index (κ2) is 5.35. The molecule has 1 unspecified atom stereocenters. The van der Waals surface area contributed by atoms with Gasteiger partial charge in [0.2, 0.25) is 5.43 Å². The number of hydrogen-bond acceptors (Lipinski definition) is 6. The first kappa shape index (κ1) is 15.7. The first-order valence-electron chi connectivity index (χ1n) is 7.82. The number of halogens is 1. The van der Waals surface area contributed by atoms with Crippen LogP contribution < -0.4 is 20.5 Å². The number of aromatic nitrogens is 1. The van der Waals surface area contributed by atoms with Crippen molar-refractivity contribution in [2.75, 3.05) is 30.5 Å². The highest BCUT2D eigenvalue weighted by Crippen LogP contribution is 2.44. The zero-order valence-electron chi connectivity index (χ0n) is 13.3. The number of benzene rings is 1. The van der Waals surface area contributed by atoms with Gasteiger partial charge in [-0.2, -0.15) is 0 Å². The lowest BCUT2D eigenvalue weighted by atomic mass is 10.1. The number of carboxylic acid groups (broad SMARTS) is 1. The van der Waals surface area contributed by atoms with Crippen molar-refractivity contribution in [3.05, 3.63) is 33.9 Å². The molecular weight excluding hydrogens is 333 g/mol. The molecule has 8 nitrogen and oxygen atoms in total. The summed E-state index contributed by atoms with van der Waals surface area (Å²) in [5, 5.41) is 19.0. The van der Waals surface area contributed by atoms with Gasteiger partial charge in [-0.15, -0.1) is 0 Å². The van der Waals surface area contributed by atoms with Crippen molar-refractivity contribution >= 4 is 22.6 Å². The van der Waals surface area contributed by atoms with E-state index in [4.69, 9.17) is 4.74 Å². The molecule has 0 radical (unpaired) electrons. The second-order valence-electron chi connectivity index (χ2n) is 6.21. The van der Waals surface area contributed by atoms with Crippen LogP contribution in [0.5, 0.6) is 5.75 Å². The smallest absolute Gasteiger partial charge is 0.341 e. The maximum absolute atomic E-state index is 14.8. The van der Waals surface area contributed by atoms with Crippen molar-refractivity contribution in [3.63, 3.8) is 0 Å². The van der Waals surface area contributed by atoms with E-state index in [1.165, 1.54) is 4.68 Å². The van der Waals surface area contributed by atoms with E-state index in [0.29, 0.717) is 6.42 Å². The van der Waals surface area contributed by atoms with Crippen molar-refractivity contribution in [1.29, 1.82) is 0 Å². The minimum Gasteiger partial charge on any atom is -0.487 e. The van der Waals surface area contributed by atoms with Crippen molar-refractivity contribution in [2.24, 2.45) is 0 Å². The first-order valence-corrected chi connectivity index (χ1v) is 7.82. The zero-order valence-corrected chi connectivity index (χ0v) is 13.3. The number of nitrogens with zero attached hydrogens (tertiary/aromatic N) is 2. The van der Waals surface area contributed by atoms with E-state index in [9.17, 15) is 24.2 Å². The summed E-state index contributed by atoms with van der Waals surface area (Å²) in [7, 11) is 1.55. The fourth-order valence-electron chi connectivity index (χ4n) is 3.65. The minimum absolute atomic E-state index is 0.0799. The quantitative estimate of drug-likeness (QED) is 0.718. The number of pyridine rings is 1. The van der Waals surface area contributed by atoms with Crippen LogP contribution in [0.3, 0.4) is 0 Å². The van der Waals surface area contributed by atoms with Gasteiger partial charge < -0.3 is 25.3 Å². The second-order valence-corrected chi connectivity index (χ2v) is 6.21. The number of rotatable bonds is 2. The van der Waals surface area contributed by atoms with Crippen LogP contribution in [0.15, 0.2) is 17.1 Å². The Labute approximate surface area is 141 Å². The summed E-state index contributed by atoms with van der Waals surface area (Å²) in [4.78, 5) is 25.5. The Balaban J connectivity index is 2.07. The van der Waals surface area contributed by atoms with Crippen LogP contribution in [0.25, 0.3) is 10.9 Å². The van der Waals surface area contributed by atoms with Gasteiger partial charge in [-0.25, -0.2) is 9.18 Å². The third kappa shape index (κ3) is 2.15. The minimum atomic E-state index is -1.39. The molecule has 1 fully saturated rings. The molecule has 2 aliphatic heterocycles. The molecule has 0 saturated carbocycles. The lowest BCUT2D eigenvalue weighted by Gasteiger charge is -2.34. The van der Waals surface area contributed by atoms with E-state index < -0.39 is 28.9 Å². The number of aliphatic hydroxyl groups excluding tert-OH is 1. The Morgan fingerprint density at radius 2 is 2.24 bits per heavy atom. The van der Waals surface area contributed by atoms with Crippen LogP contribution in [0.4, 0.5) is 10.1 Å². The Morgan fingerprint density at radius 1 is 1.48 bits per heavy atom. The monoisotopic (exact) mass is 349 g/mol. The number of nitrogens with one attached hydrogen (secondary N) is 1. The Hall–Kier alpha value is -2.81. The molecule has 0 bridgehead atoms. The van der Waals surface area contributed by atoms with Gasteiger partial charge >= 0.3 is 5.97 Å². The zero-order chi connectivity index (χ0) is 17.9. The fourth-order valence-corrected chi connectivity index (χ4v) is 3.65. The van der Waals surface area contributed by atoms with Crippen LogP contribution in [0, 0.1) is 5.82 Å². The van der Waals surface area contributed by atoms with E-state index in [2.05, 4.69) is 5.43 Å². The standard InChI is InChI=1S/C16H16FN3O5/c1-18-20-5-10(16(23)24)14(22)9-3-11(17)13-15(12(9)20)25-6-7-2-8(21)4-19(7)13/h3,5,7-8,18,21H,2,4,6H2,1H3,(H,23,24)/t7-,8?/m0/s1. The third-order valence-corrected chi connectivity index (χ3v) is 4.74. The first-order chi connectivity index (χ1) is 11.9. The summed E-state index contributed by atoms with van der Waals surface area (Å²) in [6, 6.07) is 0.898. The highest BCUT2D eigenvalue weighted by Gasteiger charge is 2.39. The summed E-state index contributed by atoms with van der Waals surface area (Å²) in [6.45, 7) is 0.529. The summed E-state index contributed by atoms with van der Waals surface area (Å²) >= 11 is 0. The number of anilines is 1. The number of ether oxygens (including phenoxy) is 1. The molecule has 25 heavy (non-hydrogen) atoms. The van der Waals surface area contributed by atoms with E-state index in [1.807, 2.05) is 0 Å². The molecule has 3 heterocycles. The largest absolute Gasteiger partial charge is 0.487 e. The predicted octanol–water partition coefficient (Wildman–Crippen LogP) is 0.344. The van der Waals surface area contributed by atoms with Crippen molar-refractivity contribution in [1.82, 2.24) is 4.68 Å². The summed E-state index contributed by atoms with van der Waals surface area (Å²) in [5.74, 6) is -1.90.